The van der Waals surface area contributed by atoms with Gasteiger partial charge in [0, 0.05) is 11.1 Å². The van der Waals surface area contributed by atoms with E-state index in [9.17, 15) is 0 Å². The summed E-state index contributed by atoms with van der Waals surface area (Å²) < 4.78 is 0. The van der Waals surface area contributed by atoms with Crippen LogP contribution in [0.1, 0.15) is 24.8 Å². The number of nitrogens with two attached hydrogens (primary N) is 1. The van der Waals surface area contributed by atoms with E-state index in [1.54, 1.807) is 0 Å². The summed E-state index contributed by atoms with van der Waals surface area (Å²) >= 11 is 6.16. The number of rotatable bonds is 3. The molecule has 2 fully saturated rings. The van der Waals surface area contributed by atoms with E-state index >= 15 is 0 Å². The molecule has 1 aromatic carbocycles. The molecule has 0 spiro atoms. The van der Waals surface area contributed by atoms with E-state index in [-0.39, 0.29) is 0 Å². The van der Waals surface area contributed by atoms with Crippen molar-refractivity contribution in [3.05, 3.63) is 34.9 Å². The maximum absolute atomic E-state index is 6.31. The molecular weight excluding hydrogens is 218 g/mol. The predicted molar refractivity (Wildman–Crippen MR) is 67.5 cm³/mol. The van der Waals surface area contributed by atoms with Crippen LogP contribution in [-0.2, 0) is 6.42 Å². The van der Waals surface area contributed by atoms with Crippen LogP contribution in [0.15, 0.2) is 24.3 Å². The molecule has 3 unspecified atom stereocenters. The van der Waals surface area contributed by atoms with Crippen LogP contribution in [0.5, 0.6) is 0 Å². The van der Waals surface area contributed by atoms with Gasteiger partial charge in [0.2, 0.25) is 0 Å². The first-order valence-electron chi connectivity index (χ1n) is 6.26. The number of fused-ring (bicyclic) bond motifs is 1. The summed E-state index contributed by atoms with van der Waals surface area (Å²) in [4.78, 5) is 0. The molecule has 16 heavy (non-hydrogen) atoms. The fourth-order valence-corrected chi connectivity index (χ4v) is 3.78. The highest BCUT2D eigenvalue weighted by atomic mass is 35.5. The van der Waals surface area contributed by atoms with Crippen molar-refractivity contribution < 1.29 is 0 Å². The molecule has 0 amide bonds. The van der Waals surface area contributed by atoms with Crippen molar-refractivity contribution in [3.8, 4) is 0 Å². The second-order valence-electron chi connectivity index (χ2n) is 5.30. The Morgan fingerprint density at radius 3 is 2.62 bits per heavy atom. The highest BCUT2D eigenvalue weighted by Gasteiger charge is 2.54. The van der Waals surface area contributed by atoms with Crippen molar-refractivity contribution in [3.63, 3.8) is 0 Å². The van der Waals surface area contributed by atoms with Crippen molar-refractivity contribution in [2.45, 2.75) is 31.7 Å². The van der Waals surface area contributed by atoms with Gasteiger partial charge in [0.05, 0.1) is 0 Å². The minimum absolute atomic E-state index is 0.315. The highest BCUT2D eigenvalue weighted by molar-refractivity contribution is 6.31. The Labute approximate surface area is 102 Å². The van der Waals surface area contributed by atoms with Crippen molar-refractivity contribution in [1.82, 2.24) is 0 Å². The lowest BCUT2D eigenvalue weighted by Crippen LogP contribution is -2.27. The van der Waals surface area contributed by atoms with Crippen LogP contribution in [0.25, 0.3) is 0 Å². The topological polar surface area (TPSA) is 26.0 Å². The van der Waals surface area contributed by atoms with Gasteiger partial charge in [0.15, 0.2) is 0 Å². The first-order valence-corrected chi connectivity index (χ1v) is 6.64. The maximum atomic E-state index is 6.31. The molecule has 0 heterocycles. The summed E-state index contributed by atoms with van der Waals surface area (Å²) in [6, 6.07) is 8.39. The first kappa shape index (κ1) is 10.6. The van der Waals surface area contributed by atoms with Crippen molar-refractivity contribution >= 4 is 11.6 Å². The Morgan fingerprint density at radius 2 is 1.94 bits per heavy atom. The lowest BCUT2D eigenvalue weighted by Gasteiger charge is -2.14. The van der Waals surface area contributed by atoms with Gasteiger partial charge in [-0.25, -0.2) is 0 Å². The van der Waals surface area contributed by atoms with E-state index in [0.717, 1.165) is 29.2 Å². The molecule has 0 aromatic heterocycles. The quantitative estimate of drug-likeness (QED) is 0.855. The molecule has 3 atom stereocenters. The number of halogens is 1. The Morgan fingerprint density at radius 1 is 1.25 bits per heavy atom. The number of hydrogen-bond acceptors (Lipinski definition) is 1. The van der Waals surface area contributed by atoms with E-state index in [1.165, 1.54) is 24.8 Å². The molecule has 1 nitrogen and oxygen atoms in total. The van der Waals surface area contributed by atoms with E-state index in [1.807, 2.05) is 18.2 Å². The Balaban J connectivity index is 1.65. The zero-order chi connectivity index (χ0) is 11.1. The molecule has 2 heteroatoms. The predicted octanol–water partition coefficient (Wildman–Crippen LogP) is 3.26. The van der Waals surface area contributed by atoms with Crippen LogP contribution in [0.3, 0.4) is 0 Å². The van der Waals surface area contributed by atoms with Crippen LogP contribution < -0.4 is 5.73 Å². The number of benzene rings is 1. The van der Waals surface area contributed by atoms with Gasteiger partial charge in [0.25, 0.3) is 0 Å². The second kappa shape index (κ2) is 4.05. The minimum Gasteiger partial charge on any atom is -0.327 e. The van der Waals surface area contributed by atoms with Crippen LogP contribution in [-0.4, -0.2) is 6.04 Å². The molecule has 2 saturated carbocycles. The van der Waals surface area contributed by atoms with Crippen LogP contribution >= 0.6 is 11.6 Å². The third-order valence-electron chi connectivity index (χ3n) is 4.38. The zero-order valence-electron chi connectivity index (χ0n) is 9.40. The van der Waals surface area contributed by atoms with Crippen LogP contribution in [0.4, 0.5) is 0 Å². The molecule has 2 aliphatic rings. The molecule has 0 radical (unpaired) electrons. The maximum Gasteiger partial charge on any atom is 0.0438 e. The first-order chi connectivity index (χ1) is 7.77. The summed E-state index contributed by atoms with van der Waals surface area (Å²) in [6.07, 6.45) is 5.18. The fourth-order valence-electron chi connectivity index (χ4n) is 3.57. The minimum atomic E-state index is 0.315. The van der Waals surface area contributed by atoms with Gasteiger partial charge in [-0.3, -0.25) is 0 Å². The normalized spacial score (nSPS) is 33.5. The molecule has 2 aliphatic carbocycles. The van der Waals surface area contributed by atoms with E-state index in [2.05, 4.69) is 6.07 Å². The SMILES string of the molecule is NC(Cc1ccccc1Cl)C1C2CCCC21. The van der Waals surface area contributed by atoms with Gasteiger partial charge in [-0.15, -0.1) is 0 Å². The number of hydrogen-bond donors (Lipinski definition) is 1. The highest BCUT2D eigenvalue weighted by Crippen LogP contribution is 2.58. The summed E-state index contributed by atoms with van der Waals surface area (Å²) in [5.41, 5.74) is 7.52. The molecule has 86 valence electrons. The van der Waals surface area contributed by atoms with Crippen LogP contribution in [0.2, 0.25) is 5.02 Å². The summed E-state index contributed by atoms with van der Waals surface area (Å²) in [6.45, 7) is 0. The molecule has 0 saturated heterocycles. The van der Waals surface area contributed by atoms with Gasteiger partial charge >= 0.3 is 0 Å². The summed E-state index contributed by atoms with van der Waals surface area (Å²) in [7, 11) is 0. The molecular formula is C14H18ClN. The largest absolute Gasteiger partial charge is 0.327 e. The molecule has 3 rings (SSSR count). The van der Waals surface area contributed by atoms with Crippen molar-refractivity contribution in [2.75, 3.05) is 0 Å². The molecule has 0 bridgehead atoms. The van der Waals surface area contributed by atoms with Gasteiger partial charge < -0.3 is 5.73 Å². The van der Waals surface area contributed by atoms with Crippen molar-refractivity contribution in [2.24, 2.45) is 23.5 Å². The zero-order valence-corrected chi connectivity index (χ0v) is 10.2. The Kier molecular flexibility index (Phi) is 2.68. The monoisotopic (exact) mass is 235 g/mol. The Bertz CT molecular complexity index is 380. The standard InChI is InChI=1S/C14H18ClN/c15-12-7-2-1-4-9(12)8-13(16)14-10-5-3-6-11(10)14/h1-2,4,7,10-11,13-14H,3,5-6,8,16H2. The molecule has 2 N–H and O–H groups in total. The Hall–Kier alpha value is -0.530. The third kappa shape index (κ3) is 1.76. The lowest BCUT2D eigenvalue weighted by molar-refractivity contribution is 0.484. The smallest absolute Gasteiger partial charge is 0.0438 e. The molecule has 0 aliphatic heterocycles. The third-order valence-corrected chi connectivity index (χ3v) is 4.75. The average Bonchev–Trinajstić information content (AvgIpc) is 2.76. The van der Waals surface area contributed by atoms with E-state index in [4.69, 9.17) is 17.3 Å². The molecule has 1 aromatic rings. The fraction of sp³-hybridized carbons (Fsp3) is 0.571. The van der Waals surface area contributed by atoms with Gasteiger partial charge in [-0.05, 0) is 48.6 Å². The lowest BCUT2D eigenvalue weighted by atomic mass is 9.98. The van der Waals surface area contributed by atoms with Gasteiger partial charge in [-0.2, -0.15) is 0 Å². The van der Waals surface area contributed by atoms with Crippen molar-refractivity contribution in [1.29, 1.82) is 0 Å². The van der Waals surface area contributed by atoms with E-state index < -0.39 is 0 Å². The van der Waals surface area contributed by atoms with Gasteiger partial charge in [-0.1, -0.05) is 36.2 Å². The van der Waals surface area contributed by atoms with E-state index in [0.29, 0.717) is 6.04 Å². The average molecular weight is 236 g/mol. The van der Waals surface area contributed by atoms with Gasteiger partial charge in [0.1, 0.15) is 0 Å². The second-order valence-corrected chi connectivity index (χ2v) is 5.70. The summed E-state index contributed by atoms with van der Waals surface area (Å²) in [5.74, 6) is 2.67. The summed E-state index contributed by atoms with van der Waals surface area (Å²) in [5, 5.41) is 0.865. The van der Waals surface area contributed by atoms with Crippen LogP contribution in [0, 0.1) is 17.8 Å².